The van der Waals surface area contributed by atoms with Gasteiger partial charge in [-0.1, -0.05) is 29.8 Å². The molecule has 0 radical (unpaired) electrons. The molecule has 0 amide bonds. The highest BCUT2D eigenvalue weighted by Crippen LogP contribution is 2.16. The molecule has 0 aliphatic heterocycles. The van der Waals surface area contributed by atoms with Crippen LogP contribution < -0.4 is 11.3 Å². The van der Waals surface area contributed by atoms with Crippen molar-refractivity contribution in [2.45, 2.75) is 12.5 Å². The lowest BCUT2D eigenvalue weighted by Crippen LogP contribution is -2.41. The quantitative estimate of drug-likeness (QED) is 0.607. The number of rotatable bonds is 5. The largest absolute Gasteiger partial charge is 0.271 e. The highest BCUT2D eigenvalue weighted by molar-refractivity contribution is 7.90. The number of benzene rings is 1. The van der Waals surface area contributed by atoms with Crippen molar-refractivity contribution in [3.05, 3.63) is 34.9 Å². The van der Waals surface area contributed by atoms with Crippen LogP contribution in [0.4, 0.5) is 0 Å². The first-order valence-electron chi connectivity index (χ1n) is 4.79. The highest BCUT2D eigenvalue weighted by atomic mass is 35.5. The molecule has 0 aliphatic carbocycles. The predicted octanol–water partition coefficient (Wildman–Crippen LogP) is 0.759. The van der Waals surface area contributed by atoms with E-state index in [1.165, 1.54) is 6.26 Å². The van der Waals surface area contributed by atoms with Crippen LogP contribution in [-0.4, -0.2) is 26.5 Å². The number of nitrogens with two attached hydrogens (primary N) is 1. The van der Waals surface area contributed by atoms with Gasteiger partial charge in [-0.25, -0.2) is 8.42 Å². The SMILES string of the molecule is CS(=O)(=O)CC(Cc1ccccc1Cl)NN. The zero-order valence-corrected chi connectivity index (χ0v) is 10.6. The molecule has 3 N–H and O–H groups in total. The van der Waals surface area contributed by atoms with Crippen LogP contribution in [0.5, 0.6) is 0 Å². The topological polar surface area (TPSA) is 72.2 Å². The first-order chi connectivity index (χ1) is 7.42. The van der Waals surface area contributed by atoms with Crippen LogP contribution in [0.2, 0.25) is 5.02 Å². The third kappa shape index (κ3) is 4.49. The molecule has 1 aromatic carbocycles. The molecular weight excluding hydrogens is 248 g/mol. The van der Waals surface area contributed by atoms with Gasteiger partial charge in [0.25, 0.3) is 0 Å². The number of halogens is 1. The molecule has 1 unspecified atom stereocenters. The van der Waals surface area contributed by atoms with Crippen LogP contribution in [0.15, 0.2) is 24.3 Å². The maximum atomic E-state index is 11.1. The fourth-order valence-electron chi connectivity index (χ4n) is 1.46. The number of hydrogen-bond donors (Lipinski definition) is 2. The minimum absolute atomic E-state index is 0.00523. The van der Waals surface area contributed by atoms with Gasteiger partial charge in [-0.15, -0.1) is 0 Å². The molecular formula is C10H15ClN2O2S. The Kier molecular flexibility index (Phi) is 4.73. The van der Waals surface area contributed by atoms with E-state index in [1.807, 2.05) is 18.2 Å². The molecule has 0 aromatic heterocycles. The molecule has 0 fully saturated rings. The average Bonchev–Trinajstić information content (AvgIpc) is 2.18. The second-order valence-corrected chi connectivity index (χ2v) is 6.34. The second-order valence-electron chi connectivity index (χ2n) is 3.75. The van der Waals surface area contributed by atoms with Crippen molar-refractivity contribution in [1.29, 1.82) is 0 Å². The minimum atomic E-state index is -3.05. The maximum Gasteiger partial charge on any atom is 0.149 e. The number of nitrogens with one attached hydrogen (secondary N) is 1. The number of sulfone groups is 1. The van der Waals surface area contributed by atoms with Gasteiger partial charge in [-0.05, 0) is 18.1 Å². The van der Waals surface area contributed by atoms with Crippen LogP contribution in [0.25, 0.3) is 0 Å². The monoisotopic (exact) mass is 262 g/mol. The van der Waals surface area contributed by atoms with Gasteiger partial charge in [0.2, 0.25) is 0 Å². The van der Waals surface area contributed by atoms with E-state index in [4.69, 9.17) is 17.4 Å². The van der Waals surface area contributed by atoms with E-state index in [2.05, 4.69) is 5.43 Å². The summed E-state index contributed by atoms with van der Waals surface area (Å²) in [5.74, 6) is 5.32. The van der Waals surface area contributed by atoms with Crippen molar-refractivity contribution in [1.82, 2.24) is 5.43 Å². The molecule has 1 rings (SSSR count). The fraction of sp³-hybridized carbons (Fsp3) is 0.400. The number of hydrogen-bond acceptors (Lipinski definition) is 4. The Balaban J connectivity index is 2.75. The fourth-order valence-corrected chi connectivity index (χ4v) is 2.62. The summed E-state index contributed by atoms with van der Waals surface area (Å²) < 4.78 is 22.3. The Hall–Kier alpha value is -0.620. The van der Waals surface area contributed by atoms with Crippen LogP contribution in [-0.2, 0) is 16.3 Å². The van der Waals surface area contributed by atoms with Gasteiger partial charge in [-0.2, -0.15) is 0 Å². The lowest BCUT2D eigenvalue weighted by molar-refractivity contribution is 0.546. The van der Waals surface area contributed by atoms with Gasteiger partial charge in [0, 0.05) is 17.3 Å². The highest BCUT2D eigenvalue weighted by Gasteiger charge is 2.15. The van der Waals surface area contributed by atoms with Crippen LogP contribution in [0.1, 0.15) is 5.56 Å². The van der Waals surface area contributed by atoms with Crippen molar-refractivity contribution in [3.8, 4) is 0 Å². The summed E-state index contributed by atoms with van der Waals surface area (Å²) >= 11 is 5.98. The summed E-state index contributed by atoms with van der Waals surface area (Å²) in [5.41, 5.74) is 3.38. The number of hydrazine groups is 1. The minimum Gasteiger partial charge on any atom is -0.271 e. The lowest BCUT2D eigenvalue weighted by Gasteiger charge is -2.15. The Bertz CT molecular complexity index is 448. The maximum absolute atomic E-state index is 11.1. The summed E-state index contributed by atoms with van der Waals surface area (Å²) in [4.78, 5) is 0. The Morgan fingerprint density at radius 3 is 2.56 bits per heavy atom. The standard InChI is InChI=1S/C10H15ClN2O2S/c1-16(14,15)7-9(13-12)6-8-4-2-3-5-10(8)11/h2-5,9,13H,6-7,12H2,1H3. The summed E-state index contributed by atoms with van der Waals surface area (Å²) in [6.45, 7) is 0. The first-order valence-corrected chi connectivity index (χ1v) is 7.23. The Morgan fingerprint density at radius 1 is 1.44 bits per heavy atom. The van der Waals surface area contributed by atoms with Gasteiger partial charge in [0.15, 0.2) is 0 Å². The van der Waals surface area contributed by atoms with E-state index >= 15 is 0 Å². The average molecular weight is 263 g/mol. The second kappa shape index (κ2) is 5.63. The Morgan fingerprint density at radius 2 is 2.06 bits per heavy atom. The zero-order valence-electron chi connectivity index (χ0n) is 8.98. The van der Waals surface area contributed by atoms with Crippen molar-refractivity contribution in [3.63, 3.8) is 0 Å². The molecule has 4 nitrogen and oxygen atoms in total. The summed E-state index contributed by atoms with van der Waals surface area (Å²) in [6.07, 6.45) is 1.67. The molecule has 0 spiro atoms. The molecule has 0 heterocycles. The molecule has 0 bridgehead atoms. The third-order valence-electron chi connectivity index (χ3n) is 2.16. The van der Waals surface area contributed by atoms with Crippen molar-refractivity contribution in [2.75, 3.05) is 12.0 Å². The van der Waals surface area contributed by atoms with Gasteiger partial charge in [0.1, 0.15) is 9.84 Å². The van der Waals surface area contributed by atoms with Crippen molar-refractivity contribution >= 4 is 21.4 Å². The van der Waals surface area contributed by atoms with E-state index in [9.17, 15) is 8.42 Å². The molecule has 1 aromatic rings. The first kappa shape index (κ1) is 13.4. The molecule has 90 valence electrons. The smallest absolute Gasteiger partial charge is 0.149 e. The van der Waals surface area contributed by atoms with Crippen LogP contribution in [0, 0.1) is 0 Å². The van der Waals surface area contributed by atoms with E-state index < -0.39 is 9.84 Å². The van der Waals surface area contributed by atoms with Gasteiger partial charge in [0.05, 0.1) is 5.75 Å². The van der Waals surface area contributed by atoms with Gasteiger partial charge in [-0.3, -0.25) is 11.3 Å². The van der Waals surface area contributed by atoms with Crippen LogP contribution in [0.3, 0.4) is 0 Å². The predicted molar refractivity (Wildman–Crippen MR) is 66.0 cm³/mol. The van der Waals surface area contributed by atoms with E-state index in [-0.39, 0.29) is 11.8 Å². The normalized spacial score (nSPS) is 13.7. The van der Waals surface area contributed by atoms with Crippen LogP contribution >= 0.6 is 11.6 Å². The third-order valence-corrected chi connectivity index (χ3v) is 3.54. The van der Waals surface area contributed by atoms with Gasteiger partial charge >= 0.3 is 0 Å². The van der Waals surface area contributed by atoms with Gasteiger partial charge < -0.3 is 0 Å². The summed E-state index contributed by atoms with van der Waals surface area (Å²) in [6, 6.07) is 6.98. The molecule has 16 heavy (non-hydrogen) atoms. The molecule has 0 saturated carbocycles. The van der Waals surface area contributed by atoms with E-state index in [0.29, 0.717) is 11.4 Å². The lowest BCUT2D eigenvalue weighted by atomic mass is 10.1. The Labute approximate surface area is 101 Å². The summed E-state index contributed by atoms with van der Waals surface area (Å²) in [7, 11) is -3.05. The zero-order chi connectivity index (χ0) is 12.2. The summed E-state index contributed by atoms with van der Waals surface area (Å²) in [5, 5.41) is 0.622. The van der Waals surface area contributed by atoms with Crippen molar-refractivity contribution < 1.29 is 8.42 Å². The molecule has 6 heteroatoms. The molecule has 1 atom stereocenters. The molecule has 0 saturated heterocycles. The van der Waals surface area contributed by atoms with Crippen molar-refractivity contribution in [2.24, 2.45) is 5.84 Å². The van der Waals surface area contributed by atoms with E-state index in [1.54, 1.807) is 6.07 Å². The molecule has 0 aliphatic rings. The van der Waals surface area contributed by atoms with E-state index in [0.717, 1.165) is 5.56 Å².